The zero-order valence-corrected chi connectivity index (χ0v) is 10.0. The van der Waals surface area contributed by atoms with E-state index in [1.165, 1.54) is 13.2 Å². The first-order chi connectivity index (χ1) is 7.95. The monoisotopic (exact) mass is 238 g/mol. The quantitative estimate of drug-likeness (QED) is 0.893. The zero-order valence-electron chi connectivity index (χ0n) is 10.0. The van der Waals surface area contributed by atoms with E-state index in [1.807, 2.05) is 0 Å². The van der Waals surface area contributed by atoms with Gasteiger partial charge in [0.1, 0.15) is 11.9 Å². The van der Waals surface area contributed by atoms with Gasteiger partial charge in [-0.3, -0.25) is 0 Å². The zero-order chi connectivity index (χ0) is 12.6. The summed E-state index contributed by atoms with van der Waals surface area (Å²) in [6.45, 7) is 3.47. The van der Waals surface area contributed by atoms with Crippen LogP contribution in [0.25, 0.3) is 11.0 Å². The van der Waals surface area contributed by atoms with Crippen molar-refractivity contribution in [2.75, 3.05) is 7.11 Å². The molecule has 0 saturated heterocycles. The van der Waals surface area contributed by atoms with E-state index in [1.54, 1.807) is 32.0 Å². The maximum Gasteiger partial charge on any atom is 0.170 e. The molecule has 0 aliphatic carbocycles. The number of hydrogen-bond acceptors (Lipinski definition) is 3. The van der Waals surface area contributed by atoms with Crippen LogP contribution in [0.1, 0.15) is 25.7 Å². The minimum absolute atomic E-state index is 0.161. The molecule has 17 heavy (non-hydrogen) atoms. The molecular weight excluding hydrogens is 223 g/mol. The second kappa shape index (κ2) is 4.13. The van der Waals surface area contributed by atoms with Crippen molar-refractivity contribution >= 4 is 11.0 Å². The Bertz CT molecular complexity index is 530. The van der Waals surface area contributed by atoms with E-state index in [2.05, 4.69) is 0 Å². The van der Waals surface area contributed by atoms with Crippen LogP contribution in [0.5, 0.6) is 0 Å². The van der Waals surface area contributed by atoms with Crippen LogP contribution in [0.15, 0.2) is 28.7 Å². The molecule has 0 radical (unpaired) electrons. The summed E-state index contributed by atoms with van der Waals surface area (Å²) in [4.78, 5) is 0. The van der Waals surface area contributed by atoms with Crippen molar-refractivity contribution in [1.29, 1.82) is 0 Å². The fraction of sp³-hybridized carbons (Fsp3) is 0.385. The van der Waals surface area contributed by atoms with E-state index in [0.29, 0.717) is 11.1 Å². The Kier molecular flexibility index (Phi) is 2.93. The summed E-state index contributed by atoms with van der Waals surface area (Å²) in [5, 5.41) is 10.7. The molecule has 2 rings (SSSR count). The first-order valence-electron chi connectivity index (χ1n) is 5.37. The first kappa shape index (κ1) is 12.1. The number of halogens is 1. The standard InChI is InChI=1S/C13H15FO3/c1-13(2,16-3)12(15)10-7-8-5-4-6-9(14)11(8)17-10/h4-7,12,15H,1-3H3. The molecule has 0 fully saturated rings. The van der Waals surface area contributed by atoms with Crippen LogP contribution in [0.3, 0.4) is 0 Å². The van der Waals surface area contributed by atoms with E-state index in [4.69, 9.17) is 9.15 Å². The number of aliphatic hydroxyl groups is 1. The second-order valence-electron chi connectivity index (χ2n) is 4.52. The van der Waals surface area contributed by atoms with Gasteiger partial charge in [-0.25, -0.2) is 4.39 Å². The van der Waals surface area contributed by atoms with Crippen LogP contribution in [0, 0.1) is 5.82 Å². The van der Waals surface area contributed by atoms with Crippen LogP contribution in [0.2, 0.25) is 0 Å². The number of methoxy groups -OCH3 is 1. The highest BCUT2D eigenvalue weighted by atomic mass is 19.1. The van der Waals surface area contributed by atoms with Gasteiger partial charge in [0.25, 0.3) is 0 Å². The molecule has 2 aromatic rings. The summed E-state index contributed by atoms with van der Waals surface area (Å²) in [5.41, 5.74) is -0.627. The van der Waals surface area contributed by atoms with E-state index >= 15 is 0 Å². The van der Waals surface area contributed by atoms with Gasteiger partial charge in [-0.2, -0.15) is 0 Å². The summed E-state index contributed by atoms with van der Waals surface area (Å²) in [6, 6.07) is 6.29. The summed E-state index contributed by atoms with van der Waals surface area (Å²) < 4.78 is 24.0. The van der Waals surface area contributed by atoms with Crippen molar-refractivity contribution in [2.45, 2.75) is 25.6 Å². The Morgan fingerprint density at radius 1 is 1.41 bits per heavy atom. The molecule has 0 saturated carbocycles. The van der Waals surface area contributed by atoms with Crippen LogP contribution in [-0.4, -0.2) is 17.8 Å². The molecule has 0 aliphatic rings. The number of ether oxygens (including phenoxy) is 1. The lowest BCUT2D eigenvalue weighted by atomic mass is 9.99. The Balaban J connectivity index is 2.47. The Morgan fingerprint density at radius 3 is 2.71 bits per heavy atom. The fourth-order valence-corrected chi connectivity index (χ4v) is 1.64. The Hall–Kier alpha value is -1.39. The summed E-state index contributed by atoms with van der Waals surface area (Å²) in [5.74, 6) is -0.131. The van der Waals surface area contributed by atoms with Gasteiger partial charge in [-0.05, 0) is 26.0 Å². The van der Waals surface area contributed by atoms with Crippen molar-refractivity contribution < 1.29 is 18.7 Å². The lowest BCUT2D eigenvalue weighted by molar-refractivity contribution is -0.0867. The summed E-state index contributed by atoms with van der Waals surface area (Å²) >= 11 is 0. The van der Waals surface area contributed by atoms with Crippen LogP contribution >= 0.6 is 0 Å². The van der Waals surface area contributed by atoms with Gasteiger partial charge in [-0.1, -0.05) is 12.1 Å². The third-order valence-electron chi connectivity index (χ3n) is 2.97. The van der Waals surface area contributed by atoms with Crippen molar-refractivity contribution in [3.8, 4) is 0 Å². The second-order valence-corrected chi connectivity index (χ2v) is 4.52. The number of aliphatic hydroxyl groups excluding tert-OH is 1. The molecule has 1 unspecified atom stereocenters. The van der Waals surface area contributed by atoms with Crippen LogP contribution in [0.4, 0.5) is 4.39 Å². The van der Waals surface area contributed by atoms with E-state index in [-0.39, 0.29) is 5.58 Å². The summed E-state index contributed by atoms with van der Waals surface area (Å²) in [7, 11) is 1.51. The highest BCUT2D eigenvalue weighted by molar-refractivity contribution is 5.78. The minimum Gasteiger partial charge on any atom is -0.455 e. The number of para-hydroxylation sites is 1. The van der Waals surface area contributed by atoms with E-state index in [0.717, 1.165) is 0 Å². The molecule has 1 atom stereocenters. The number of furan rings is 1. The molecule has 4 heteroatoms. The number of fused-ring (bicyclic) bond motifs is 1. The smallest absolute Gasteiger partial charge is 0.170 e. The van der Waals surface area contributed by atoms with Crippen molar-refractivity contribution in [3.05, 3.63) is 35.8 Å². The van der Waals surface area contributed by atoms with Crippen molar-refractivity contribution in [2.24, 2.45) is 0 Å². The normalized spacial score (nSPS) is 14.2. The molecule has 3 nitrogen and oxygen atoms in total. The maximum absolute atomic E-state index is 13.4. The summed E-state index contributed by atoms with van der Waals surface area (Å²) in [6.07, 6.45) is -0.945. The highest BCUT2D eigenvalue weighted by Crippen LogP contribution is 2.32. The molecule has 0 aliphatic heterocycles. The van der Waals surface area contributed by atoms with Gasteiger partial charge in [-0.15, -0.1) is 0 Å². The molecule has 1 aromatic carbocycles. The topological polar surface area (TPSA) is 42.6 Å². The molecule has 1 heterocycles. The van der Waals surface area contributed by atoms with Gasteiger partial charge >= 0.3 is 0 Å². The predicted octanol–water partition coefficient (Wildman–Crippen LogP) is 3.03. The van der Waals surface area contributed by atoms with E-state index < -0.39 is 17.5 Å². The van der Waals surface area contributed by atoms with Gasteiger partial charge in [0, 0.05) is 12.5 Å². The lowest BCUT2D eigenvalue weighted by Gasteiger charge is -2.27. The van der Waals surface area contributed by atoms with Crippen LogP contribution < -0.4 is 0 Å². The maximum atomic E-state index is 13.4. The predicted molar refractivity (Wildman–Crippen MR) is 62.2 cm³/mol. The van der Waals surface area contributed by atoms with Gasteiger partial charge in [0.05, 0.1) is 5.60 Å². The van der Waals surface area contributed by atoms with Gasteiger partial charge < -0.3 is 14.3 Å². The van der Waals surface area contributed by atoms with Gasteiger partial charge in [0.15, 0.2) is 11.4 Å². The number of hydrogen-bond donors (Lipinski definition) is 1. The first-order valence-corrected chi connectivity index (χ1v) is 5.37. The largest absolute Gasteiger partial charge is 0.455 e. The molecule has 1 N–H and O–H groups in total. The fourth-order valence-electron chi connectivity index (χ4n) is 1.64. The van der Waals surface area contributed by atoms with Gasteiger partial charge in [0.2, 0.25) is 0 Å². The SMILES string of the molecule is COC(C)(C)C(O)c1cc2cccc(F)c2o1. The number of rotatable bonds is 3. The van der Waals surface area contributed by atoms with Crippen molar-refractivity contribution in [3.63, 3.8) is 0 Å². The average molecular weight is 238 g/mol. The molecule has 1 aromatic heterocycles. The molecular formula is C13H15FO3. The Labute approximate surface area is 98.8 Å². The Morgan fingerprint density at radius 2 is 2.12 bits per heavy atom. The third kappa shape index (κ3) is 2.06. The molecule has 0 amide bonds. The van der Waals surface area contributed by atoms with E-state index in [9.17, 15) is 9.50 Å². The van der Waals surface area contributed by atoms with Crippen LogP contribution in [-0.2, 0) is 4.74 Å². The lowest BCUT2D eigenvalue weighted by Crippen LogP contribution is -2.31. The minimum atomic E-state index is -0.945. The average Bonchev–Trinajstić information content (AvgIpc) is 2.73. The van der Waals surface area contributed by atoms with Crippen molar-refractivity contribution in [1.82, 2.24) is 0 Å². The molecule has 0 spiro atoms. The third-order valence-corrected chi connectivity index (χ3v) is 2.97. The molecule has 0 bridgehead atoms. The molecule has 92 valence electrons. The highest BCUT2D eigenvalue weighted by Gasteiger charge is 2.31. The number of benzene rings is 1.